The van der Waals surface area contributed by atoms with Gasteiger partial charge in [0.1, 0.15) is 11.5 Å². The van der Waals surface area contributed by atoms with Crippen LogP contribution in [0.3, 0.4) is 0 Å². The Kier molecular flexibility index (Phi) is 6.84. The van der Waals surface area contributed by atoms with Gasteiger partial charge in [-0.05, 0) is 67.3 Å². The van der Waals surface area contributed by atoms with Crippen LogP contribution in [0.5, 0.6) is 11.5 Å². The Morgan fingerprint density at radius 2 is 1.56 bits per heavy atom. The van der Waals surface area contributed by atoms with Gasteiger partial charge in [-0.3, -0.25) is 19.7 Å². The van der Waals surface area contributed by atoms with E-state index in [4.69, 9.17) is 10.5 Å². The van der Waals surface area contributed by atoms with Crippen molar-refractivity contribution in [1.29, 1.82) is 0 Å². The summed E-state index contributed by atoms with van der Waals surface area (Å²) in [6.07, 6.45) is 2.27. The van der Waals surface area contributed by atoms with Gasteiger partial charge >= 0.3 is 0 Å². The Balaban J connectivity index is 1.45. The summed E-state index contributed by atoms with van der Waals surface area (Å²) in [4.78, 5) is 35.2. The van der Waals surface area contributed by atoms with E-state index >= 15 is 0 Å². The third kappa shape index (κ3) is 5.74. The number of primary amides is 1. The summed E-state index contributed by atoms with van der Waals surface area (Å²) in [5, 5.41) is 1.59. The molecule has 1 atom stereocenters. The number of ether oxygens (including phenoxy) is 1. The number of rotatable bonds is 7. The fourth-order valence-corrected chi connectivity index (χ4v) is 4.69. The number of nitrogens with one attached hydrogen (secondary N) is 1. The quantitative estimate of drug-likeness (QED) is 0.372. The third-order valence-corrected chi connectivity index (χ3v) is 6.31. The minimum absolute atomic E-state index is 0.252. The number of thioether (sulfide) groups is 1. The Hall–Kier alpha value is -3.84. The highest BCUT2D eigenvalue weighted by Crippen LogP contribution is 2.27. The molecule has 0 radical (unpaired) electrons. The van der Waals surface area contributed by atoms with Gasteiger partial charge in [-0.25, -0.2) is 0 Å². The van der Waals surface area contributed by atoms with Crippen molar-refractivity contribution in [3.05, 3.63) is 94.5 Å². The largest absolute Gasteiger partial charge is 0.457 e. The van der Waals surface area contributed by atoms with Gasteiger partial charge in [0.15, 0.2) is 0 Å². The van der Waals surface area contributed by atoms with E-state index in [1.165, 1.54) is 0 Å². The molecule has 1 fully saturated rings. The van der Waals surface area contributed by atoms with Crippen LogP contribution in [0.2, 0.25) is 0 Å². The molecule has 1 saturated heterocycles. The summed E-state index contributed by atoms with van der Waals surface area (Å²) in [5.41, 5.74) is 10.9. The molecule has 1 heterocycles. The van der Waals surface area contributed by atoms with Crippen molar-refractivity contribution in [3.8, 4) is 11.5 Å². The van der Waals surface area contributed by atoms with E-state index in [9.17, 15) is 14.4 Å². The number of amides is 3. The van der Waals surface area contributed by atoms with E-state index in [0.717, 1.165) is 34.0 Å². The Morgan fingerprint density at radius 1 is 0.971 bits per heavy atom. The highest BCUT2D eigenvalue weighted by Gasteiger charge is 2.31. The fourth-order valence-electron chi connectivity index (χ4n) is 3.83. The number of hydrogen-bond acceptors (Lipinski definition) is 5. The number of aryl methyl sites for hydroxylation is 2. The predicted molar refractivity (Wildman–Crippen MR) is 135 cm³/mol. The first kappa shape index (κ1) is 23.3. The number of hydrogen-bond donors (Lipinski definition) is 2. The van der Waals surface area contributed by atoms with Gasteiger partial charge in [0.2, 0.25) is 11.8 Å². The van der Waals surface area contributed by atoms with Crippen LogP contribution >= 0.6 is 11.8 Å². The molecule has 3 amide bonds. The van der Waals surface area contributed by atoms with Gasteiger partial charge in [0, 0.05) is 5.57 Å². The molecule has 1 unspecified atom stereocenters. The molecular formula is C27H24N2O4S. The maximum absolute atomic E-state index is 12.1. The summed E-state index contributed by atoms with van der Waals surface area (Å²) in [6, 6.07) is 20.6. The first-order chi connectivity index (χ1) is 16.3. The van der Waals surface area contributed by atoms with E-state index in [-0.39, 0.29) is 11.1 Å². The van der Waals surface area contributed by atoms with Crippen molar-refractivity contribution in [2.45, 2.75) is 25.5 Å². The first-order valence-corrected chi connectivity index (χ1v) is 11.6. The topological polar surface area (TPSA) is 98.5 Å². The van der Waals surface area contributed by atoms with Crippen molar-refractivity contribution in [3.63, 3.8) is 0 Å². The number of carbonyl (C=O) groups is 3. The molecule has 34 heavy (non-hydrogen) atoms. The van der Waals surface area contributed by atoms with Crippen molar-refractivity contribution in [2.75, 3.05) is 0 Å². The number of nitrogens with two attached hydrogens (primary N) is 1. The van der Waals surface area contributed by atoms with Crippen molar-refractivity contribution in [2.24, 2.45) is 5.73 Å². The van der Waals surface area contributed by atoms with Crippen molar-refractivity contribution >= 4 is 40.5 Å². The molecule has 1 aliphatic rings. The monoisotopic (exact) mass is 472 g/mol. The van der Waals surface area contributed by atoms with Crippen molar-refractivity contribution in [1.82, 2.24) is 5.32 Å². The van der Waals surface area contributed by atoms with Crippen LogP contribution in [0.15, 0.2) is 66.7 Å². The van der Waals surface area contributed by atoms with Crippen molar-refractivity contribution < 1.29 is 19.1 Å². The molecule has 3 aromatic carbocycles. The van der Waals surface area contributed by atoms with Gasteiger partial charge < -0.3 is 10.5 Å². The zero-order valence-electron chi connectivity index (χ0n) is 18.8. The molecule has 1 aliphatic heterocycles. The van der Waals surface area contributed by atoms with Gasteiger partial charge in [0.25, 0.3) is 5.24 Å². The van der Waals surface area contributed by atoms with E-state index in [2.05, 4.69) is 11.4 Å². The number of carbonyl (C=O) groups excluding carboxylic acids is 3. The Labute approximate surface area is 202 Å². The molecule has 172 valence electrons. The number of benzene rings is 3. The summed E-state index contributed by atoms with van der Waals surface area (Å²) >= 11 is 1.01. The lowest BCUT2D eigenvalue weighted by Gasteiger charge is -2.10. The van der Waals surface area contributed by atoms with Crippen LogP contribution in [0, 0.1) is 13.8 Å². The van der Waals surface area contributed by atoms with E-state index in [0.29, 0.717) is 29.1 Å². The van der Waals surface area contributed by atoms with Gasteiger partial charge in [-0.1, -0.05) is 65.4 Å². The van der Waals surface area contributed by atoms with E-state index in [1.54, 1.807) is 30.3 Å². The molecular weight excluding hydrogens is 448 g/mol. The minimum Gasteiger partial charge on any atom is -0.457 e. The molecule has 0 aliphatic carbocycles. The second-order valence-corrected chi connectivity index (χ2v) is 9.38. The van der Waals surface area contributed by atoms with Crippen LogP contribution in [-0.2, 0) is 16.0 Å². The molecule has 0 spiro atoms. The molecule has 4 rings (SSSR count). The molecule has 0 saturated carbocycles. The van der Waals surface area contributed by atoms with E-state index < -0.39 is 11.2 Å². The van der Waals surface area contributed by atoms with Crippen LogP contribution in [-0.4, -0.2) is 22.3 Å². The maximum atomic E-state index is 12.1. The van der Waals surface area contributed by atoms with Crippen LogP contribution in [0.1, 0.15) is 27.8 Å². The van der Waals surface area contributed by atoms with Crippen LogP contribution in [0.4, 0.5) is 4.79 Å². The average Bonchev–Trinajstić information content (AvgIpc) is 3.10. The second-order valence-electron chi connectivity index (χ2n) is 8.20. The lowest BCUT2D eigenvalue weighted by atomic mass is 10.00. The van der Waals surface area contributed by atoms with Gasteiger partial charge in [0.05, 0.1) is 5.25 Å². The smallest absolute Gasteiger partial charge is 0.286 e. The fraction of sp³-hybridized carbons (Fsp3) is 0.148. The molecule has 0 aromatic heterocycles. The van der Waals surface area contributed by atoms with Gasteiger partial charge in [-0.15, -0.1) is 0 Å². The van der Waals surface area contributed by atoms with Crippen LogP contribution < -0.4 is 15.8 Å². The van der Waals surface area contributed by atoms with E-state index in [1.807, 2.05) is 50.2 Å². The first-order valence-electron chi connectivity index (χ1n) is 10.8. The highest BCUT2D eigenvalue weighted by atomic mass is 32.2. The predicted octanol–water partition coefficient (Wildman–Crippen LogP) is 5.02. The SMILES string of the molecule is Cc1cc(C)cc(/C=C(/C(N)=O)c2ccc(Oc3ccc(CC4SC(=O)NC4=O)cc3)cc2)c1. The normalized spacial score (nSPS) is 15.8. The van der Waals surface area contributed by atoms with Gasteiger partial charge in [-0.2, -0.15) is 0 Å². The van der Waals surface area contributed by atoms with Crippen LogP contribution in [0.25, 0.3) is 11.6 Å². The Bertz CT molecular complexity index is 1260. The summed E-state index contributed by atoms with van der Waals surface area (Å²) < 4.78 is 5.91. The highest BCUT2D eigenvalue weighted by molar-refractivity contribution is 8.15. The molecule has 7 heteroatoms. The zero-order valence-corrected chi connectivity index (χ0v) is 19.6. The minimum atomic E-state index is -0.501. The lowest BCUT2D eigenvalue weighted by molar-refractivity contribution is -0.119. The molecule has 3 N–H and O–H groups in total. The Morgan fingerprint density at radius 3 is 2.09 bits per heavy atom. The number of imide groups is 1. The maximum Gasteiger partial charge on any atom is 0.286 e. The summed E-state index contributed by atoms with van der Waals surface area (Å²) in [7, 11) is 0. The molecule has 0 bridgehead atoms. The zero-order chi connectivity index (χ0) is 24.2. The summed E-state index contributed by atoms with van der Waals surface area (Å²) in [5.74, 6) is 0.497. The summed E-state index contributed by atoms with van der Waals surface area (Å²) in [6.45, 7) is 4.02. The molecule has 6 nitrogen and oxygen atoms in total. The standard InChI is InChI=1S/C27H24N2O4S/c1-16-11-17(2)13-19(12-16)14-23(25(28)30)20-5-9-22(10-6-20)33-21-7-3-18(4-8-21)15-24-26(31)29-27(32)34-24/h3-14,24H,15H2,1-2H3,(H2,28,30)(H,29,31,32)/b23-14+. The lowest BCUT2D eigenvalue weighted by Crippen LogP contribution is -2.25. The third-order valence-electron chi connectivity index (χ3n) is 5.33. The average molecular weight is 473 g/mol. The molecule has 3 aromatic rings. The second kappa shape index (κ2) is 9.97.